The lowest BCUT2D eigenvalue weighted by Gasteiger charge is -2.11. The van der Waals surface area contributed by atoms with E-state index in [2.05, 4.69) is 5.32 Å². The van der Waals surface area contributed by atoms with Crippen molar-refractivity contribution in [1.29, 1.82) is 0 Å². The van der Waals surface area contributed by atoms with Crippen LogP contribution in [0.3, 0.4) is 0 Å². The van der Waals surface area contributed by atoms with Gasteiger partial charge in [0, 0.05) is 6.54 Å². The van der Waals surface area contributed by atoms with Crippen molar-refractivity contribution >= 4 is 11.4 Å². The van der Waals surface area contributed by atoms with Crippen LogP contribution in [0.1, 0.15) is 16.7 Å². The highest BCUT2D eigenvalue weighted by atomic mass is 19.1. The van der Waals surface area contributed by atoms with Crippen LogP contribution < -0.4 is 11.1 Å². The topological polar surface area (TPSA) is 38.0 Å². The van der Waals surface area contributed by atoms with E-state index in [9.17, 15) is 8.78 Å². The van der Waals surface area contributed by atoms with Crippen LogP contribution >= 0.6 is 0 Å². The first-order valence-corrected chi connectivity index (χ1v) is 6.02. The van der Waals surface area contributed by atoms with Gasteiger partial charge in [0.15, 0.2) is 0 Å². The molecule has 0 aliphatic rings. The smallest absolute Gasteiger partial charge is 0.129 e. The van der Waals surface area contributed by atoms with E-state index in [1.165, 1.54) is 18.2 Å². The summed E-state index contributed by atoms with van der Waals surface area (Å²) in [6.45, 7) is 3.92. The molecule has 100 valence electrons. The molecule has 4 heteroatoms. The molecule has 0 spiro atoms. The maximum absolute atomic E-state index is 13.5. The summed E-state index contributed by atoms with van der Waals surface area (Å²) < 4.78 is 26.6. The lowest BCUT2D eigenvalue weighted by Crippen LogP contribution is -2.04. The fraction of sp³-hybridized carbons (Fsp3) is 0.200. The molecule has 0 saturated heterocycles. The van der Waals surface area contributed by atoms with Gasteiger partial charge in [0.05, 0.1) is 11.4 Å². The van der Waals surface area contributed by atoms with Crippen LogP contribution in [-0.2, 0) is 6.54 Å². The Hall–Kier alpha value is -2.10. The van der Waals surface area contributed by atoms with E-state index >= 15 is 0 Å². The summed E-state index contributed by atoms with van der Waals surface area (Å²) in [6.07, 6.45) is 0. The molecule has 0 bridgehead atoms. The number of aryl methyl sites for hydroxylation is 2. The Morgan fingerprint density at radius 2 is 1.68 bits per heavy atom. The molecule has 2 aromatic rings. The van der Waals surface area contributed by atoms with Crippen LogP contribution in [0.4, 0.5) is 20.2 Å². The molecule has 0 amide bonds. The van der Waals surface area contributed by atoms with Gasteiger partial charge in [-0.15, -0.1) is 0 Å². The minimum Gasteiger partial charge on any atom is -0.397 e. The molecule has 0 heterocycles. The minimum absolute atomic E-state index is 0.186. The van der Waals surface area contributed by atoms with Gasteiger partial charge in [-0.2, -0.15) is 0 Å². The largest absolute Gasteiger partial charge is 0.397 e. The number of benzene rings is 2. The Kier molecular flexibility index (Phi) is 3.69. The zero-order valence-corrected chi connectivity index (χ0v) is 10.9. The quantitative estimate of drug-likeness (QED) is 0.826. The van der Waals surface area contributed by atoms with Crippen LogP contribution in [0, 0.1) is 25.5 Å². The number of rotatable bonds is 3. The summed E-state index contributed by atoms with van der Waals surface area (Å²) in [7, 11) is 0. The Balaban J connectivity index is 2.17. The third-order valence-electron chi connectivity index (χ3n) is 2.99. The fourth-order valence-electron chi connectivity index (χ4n) is 2.02. The Bertz CT molecular complexity index is 586. The molecular weight excluding hydrogens is 246 g/mol. The molecule has 0 aromatic heterocycles. The van der Waals surface area contributed by atoms with Gasteiger partial charge in [-0.25, -0.2) is 8.78 Å². The first-order chi connectivity index (χ1) is 8.97. The Morgan fingerprint density at radius 3 is 2.32 bits per heavy atom. The molecule has 0 radical (unpaired) electrons. The average Bonchev–Trinajstić information content (AvgIpc) is 2.37. The third-order valence-corrected chi connectivity index (χ3v) is 2.99. The summed E-state index contributed by atoms with van der Waals surface area (Å²) in [5.41, 5.74) is 8.91. The fourth-order valence-corrected chi connectivity index (χ4v) is 2.02. The van der Waals surface area contributed by atoms with Crippen molar-refractivity contribution in [2.75, 3.05) is 11.1 Å². The molecule has 0 aliphatic carbocycles. The number of nitrogens with one attached hydrogen (secondary N) is 1. The van der Waals surface area contributed by atoms with Gasteiger partial charge in [-0.3, -0.25) is 0 Å². The molecule has 2 rings (SSSR count). The Labute approximate surface area is 111 Å². The molecule has 0 unspecified atom stereocenters. The van der Waals surface area contributed by atoms with Crippen molar-refractivity contribution in [3.8, 4) is 0 Å². The second kappa shape index (κ2) is 5.26. The summed E-state index contributed by atoms with van der Waals surface area (Å²) in [4.78, 5) is 0. The number of halogens is 2. The zero-order chi connectivity index (χ0) is 14.0. The third kappa shape index (κ3) is 3.02. The molecule has 3 N–H and O–H groups in total. The van der Waals surface area contributed by atoms with Gasteiger partial charge in [0.1, 0.15) is 11.6 Å². The molecule has 0 fully saturated rings. The summed E-state index contributed by atoms with van der Waals surface area (Å²) in [5.74, 6) is -0.530. The van der Waals surface area contributed by atoms with E-state index in [0.29, 0.717) is 29.0 Å². The monoisotopic (exact) mass is 262 g/mol. The van der Waals surface area contributed by atoms with Crippen molar-refractivity contribution in [3.05, 3.63) is 58.7 Å². The summed E-state index contributed by atoms with van der Waals surface area (Å²) in [6, 6.07) is 7.71. The normalized spacial score (nSPS) is 10.5. The molecule has 2 aromatic carbocycles. The van der Waals surface area contributed by atoms with Gasteiger partial charge in [-0.1, -0.05) is 12.1 Å². The van der Waals surface area contributed by atoms with Gasteiger partial charge in [0.2, 0.25) is 0 Å². The van der Waals surface area contributed by atoms with Gasteiger partial charge >= 0.3 is 0 Å². The molecule has 0 saturated carbocycles. The van der Waals surface area contributed by atoms with Crippen LogP contribution in [-0.4, -0.2) is 0 Å². The summed E-state index contributed by atoms with van der Waals surface area (Å²) >= 11 is 0. The summed E-state index contributed by atoms with van der Waals surface area (Å²) in [5, 5.41) is 3.06. The standard InChI is InChI=1S/C15H16F2N2/c1-9-5-11(6-10(2)15(9)17)8-19-14-7-12(16)3-4-13(14)18/h3-7,19H,8,18H2,1-2H3. The molecule has 2 nitrogen and oxygen atoms in total. The van der Waals surface area contributed by atoms with Crippen LogP contribution in [0.15, 0.2) is 30.3 Å². The number of hydrogen-bond acceptors (Lipinski definition) is 2. The zero-order valence-electron chi connectivity index (χ0n) is 10.9. The highest BCUT2D eigenvalue weighted by molar-refractivity contribution is 5.65. The maximum atomic E-state index is 13.5. The van der Waals surface area contributed by atoms with Crippen LogP contribution in [0.2, 0.25) is 0 Å². The SMILES string of the molecule is Cc1cc(CNc2cc(F)ccc2N)cc(C)c1F. The highest BCUT2D eigenvalue weighted by Crippen LogP contribution is 2.21. The van der Waals surface area contributed by atoms with Crippen LogP contribution in [0.5, 0.6) is 0 Å². The maximum Gasteiger partial charge on any atom is 0.129 e. The lowest BCUT2D eigenvalue weighted by molar-refractivity contribution is 0.608. The van der Waals surface area contributed by atoms with Crippen molar-refractivity contribution in [2.24, 2.45) is 0 Å². The molecule has 19 heavy (non-hydrogen) atoms. The van der Waals surface area contributed by atoms with E-state index in [1.54, 1.807) is 26.0 Å². The molecule has 0 aliphatic heterocycles. The highest BCUT2D eigenvalue weighted by Gasteiger charge is 2.05. The minimum atomic E-state index is -0.344. The van der Waals surface area contributed by atoms with Crippen LogP contribution in [0.25, 0.3) is 0 Å². The first-order valence-electron chi connectivity index (χ1n) is 6.02. The van der Waals surface area contributed by atoms with E-state index in [4.69, 9.17) is 5.73 Å². The van der Waals surface area contributed by atoms with E-state index in [0.717, 1.165) is 5.56 Å². The van der Waals surface area contributed by atoms with Crippen molar-refractivity contribution in [1.82, 2.24) is 0 Å². The predicted octanol–water partition coefficient (Wildman–Crippen LogP) is 3.78. The second-order valence-corrected chi connectivity index (χ2v) is 4.63. The molecule has 0 atom stereocenters. The lowest BCUT2D eigenvalue weighted by atomic mass is 10.1. The number of hydrogen-bond donors (Lipinski definition) is 2. The van der Waals surface area contributed by atoms with E-state index in [-0.39, 0.29) is 11.6 Å². The second-order valence-electron chi connectivity index (χ2n) is 4.63. The number of nitrogen functional groups attached to an aromatic ring is 1. The van der Waals surface area contributed by atoms with Crippen molar-refractivity contribution in [2.45, 2.75) is 20.4 Å². The van der Waals surface area contributed by atoms with E-state index < -0.39 is 0 Å². The Morgan fingerprint density at radius 1 is 1.05 bits per heavy atom. The van der Waals surface area contributed by atoms with Gasteiger partial charge < -0.3 is 11.1 Å². The number of nitrogens with two attached hydrogens (primary N) is 1. The van der Waals surface area contributed by atoms with Gasteiger partial charge in [-0.05, 0) is 48.7 Å². The average molecular weight is 262 g/mol. The first kappa shape index (κ1) is 13.3. The van der Waals surface area contributed by atoms with E-state index in [1.807, 2.05) is 0 Å². The van der Waals surface area contributed by atoms with Crippen molar-refractivity contribution in [3.63, 3.8) is 0 Å². The van der Waals surface area contributed by atoms with Crippen molar-refractivity contribution < 1.29 is 8.78 Å². The predicted molar refractivity (Wildman–Crippen MR) is 74.0 cm³/mol. The number of anilines is 2. The molecular formula is C15H16F2N2. The van der Waals surface area contributed by atoms with Gasteiger partial charge in [0.25, 0.3) is 0 Å².